The highest BCUT2D eigenvalue weighted by Crippen LogP contribution is 2.52. The molecule has 256 valence electrons. The summed E-state index contributed by atoms with van der Waals surface area (Å²) >= 11 is 0. The number of likely N-dealkylation sites (N-methyl/N-ethyl adjacent to an activating group) is 2. The first kappa shape index (κ1) is 31.8. The molecule has 1 saturated carbocycles. The number of hydrogen-bond acceptors (Lipinski definition) is 8. The lowest BCUT2D eigenvalue weighted by Gasteiger charge is -2.37. The highest BCUT2D eigenvalue weighted by atomic mass is 16.6. The Hall–Kier alpha value is -4.40. The van der Waals surface area contributed by atoms with Gasteiger partial charge in [0.2, 0.25) is 5.75 Å². The van der Waals surface area contributed by atoms with E-state index in [2.05, 4.69) is 78.5 Å². The lowest BCUT2D eigenvalue weighted by atomic mass is 9.87. The SMILES string of the molecule is COc1ccc2cc1Oc1ccc(cc1)C[C@H]1c3cc(c(OC)cc3CCN1C)Oc1c(OCC3CC3)c(OC)cc3c1[C@H](C2)N(C)CC3. The van der Waals surface area contributed by atoms with E-state index in [1.54, 1.807) is 21.3 Å². The predicted molar refractivity (Wildman–Crippen MR) is 189 cm³/mol. The van der Waals surface area contributed by atoms with Crippen LogP contribution in [0.5, 0.6) is 46.0 Å². The summed E-state index contributed by atoms with van der Waals surface area (Å²) in [5.41, 5.74) is 7.27. The molecule has 0 amide bonds. The van der Waals surface area contributed by atoms with Gasteiger partial charge in [0.05, 0.1) is 27.9 Å². The fraction of sp³-hybridized carbons (Fsp3) is 0.415. The van der Waals surface area contributed by atoms with Gasteiger partial charge < -0.3 is 28.4 Å². The normalized spacial score (nSPS) is 20.3. The summed E-state index contributed by atoms with van der Waals surface area (Å²) in [6.45, 7) is 2.51. The van der Waals surface area contributed by atoms with Gasteiger partial charge in [-0.05, 0) is 129 Å². The monoisotopic (exact) mass is 662 g/mol. The standard InChI is InChI=1S/C41H46N2O6/c1-42-16-14-28-21-35(45-4)37-23-31(28)32(42)18-25-8-11-30(12-9-25)48-36-20-27(10-13-34(36)44-3)19-33-39-29(15-17-43(33)2)22-38(46-5)40(41(39)49-37)47-24-26-6-7-26/h8-13,20-23,26,32-33H,6-7,14-19,24H2,1-5H3/t32-,33-/m0/s1. The average molecular weight is 663 g/mol. The fourth-order valence-electron chi connectivity index (χ4n) is 7.70. The summed E-state index contributed by atoms with van der Waals surface area (Å²) < 4.78 is 38.2. The Bertz CT molecular complexity index is 1850. The number of methoxy groups -OCH3 is 3. The summed E-state index contributed by atoms with van der Waals surface area (Å²) in [5, 5.41) is 0. The van der Waals surface area contributed by atoms with Gasteiger partial charge in [-0.2, -0.15) is 0 Å². The van der Waals surface area contributed by atoms with Crippen LogP contribution in [0.4, 0.5) is 0 Å². The average Bonchev–Trinajstić information content (AvgIpc) is 3.95. The van der Waals surface area contributed by atoms with Crippen molar-refractivity contribution < 1.29 is 28.4 Å². The third-order valence-electron chi connectivity index (χ3n) is 10.8. The van der Waals surface area contributed by atoms with Crippen LogP contribution >= 0.6 is 0 Å². The molecule has 4 aromatic carbocycles. The molecule has 0 aromatic heterocycles. The third kappa shape index (κ3) is 6.17. The van der Waals surface area contributed by atoms with E-state index >= 15 is 0 Å². The molecule has 1 fully saturated rings. The molecule has 1 aliphatic carbocycles. The largest absolute Gasteiger partial charge is 0.493 e. The number of fused-ring (bicyclic) bond motifs is 2. The minimum absolute atomic E-state index is 0.00912. The van der Waals surface area contributed by atoms with Crippen molar-refractivity contribution >= 4 is 0 Å². The fourth-order valence-corrected chi connectivity index (χ4v) is 7.70. The maximum atomic E-state index is 7.19. The van der Waals surface area contributed by atoms with Crippen LogP contribution in [-0.2, 0) is 25.7 Å². The molecule has 0 saturated heterocycles. The Morgan fingerprint density at radius 1 is 0.673 bits per heavy atom. The van der Waals surface area contributed by atoms with E-state index in [4.69, 9.17) is 28.4 Å². The van der Waals surface area contributed by atoms with E-state index in [1.165, 1.54) is 35.1 Å². The summed E-state index contributed by atoms with van der Waals surface area (Å²) in [6, 6.07) is 21.4. The number of benzene rings is 4. The molecule has 49 heavy (non-hydrogen) atoms. The zero-order valence-corrected chi connectivity index (χ0v) is 29.2. The second-order valence-electron chi connectivity index (χ2n) is 14.0. The Morgan fingerprint density at radius 2 is 1.33 bits per heavy atom. The molecule has 0 spiro atoms. The molecule has 5 aliphatic rings. The Balaban J connectivity index is 1.35. The predicted octanol–water partition coefficient (Wildman–Crippen LogP) is 7.94. The van der Waals surface area contributed by atoms with Gasteiger partial charge >= 0.3 is 0 Å². The molecule has 8 heteroatoms. The van der Waals surface area contributed by atoms with E-state index in [1.807, 2.05) is 6.07 Å². The molecule has 9 rings (SSSR count). The van der Waals surface area contributed by atoms with Crippen LogP contribution in [0, 0.1) is 5.92 Å². The molecule has 8 nitrogen and oxygen atoms in total. The molecule has 4 aliphatic heterocycles. The van der Waals surface area contributed by atoms with Crippen molar-refractivity contribution in [1.29, 1.82) is 0 Å². The van der Waals surface area contributed by atoms with Crippen molar-refractivity contribution in [3.8, 4) is 46.0 Å². The Morgan fingerprint density at radius 3 is 2.06 bits per heavy atom. The Labute approximate surface area is 289 Å². The number of rotatable bonds is 6. The molecule has 4 heterocycles. The number of hydrogen-bond donors (Lipinski definition) is 0. The number of nitrogens with zero attached hydrogens (tertiary/aromatic N) is 2. The summed E-state index contributed by atoms with van der Waals surface area (Å²) in [7, 11) is 9.54. The van der Waals surface area contributed by atoms with Gasteiger partial charge in [-0.3, -0.25) is 9.80 Å². The summed E-state index contributed by atoms with van der Waals surface area (Å²) in [4.78, 5) is 4.86. The molecule has 6 bridgehead atoms. The third-order valence-corrected chi connectivity index (χ3v) is 10.8. The number of ether oxygens (including phenoxy) is 6. The highest BCUT2D eigenvalue weighted by Gasteiger charge is 2.35. The van der Waals surface area contributed by atoms with Crippen LogP contribution in [0.2, 0.25) is 0 Å². The van der Waals surface area contributed by atoms with E-state index in [0.29, 0.717) is 47.0 Å². The minimum Gasteiger partial charge on any atom is -0.493 e. The minimum atomic E-state index is 0.00912. The van der Waals surface area contributed by atoms with Crippen molar-refractivity contribution in [3.05, 3.63) is 94.0 Å². The van der Waals surface area contributed by atoms with Gasteiger partial charge in [-0.25, -0.2) is 0 Å². The maximum Gasteiger partial charge on any atom is 0.204 e. The summed E-state index contributed by atoms with van der Waals surface area (Å²) in [5.74, 6) is 6.24. The van der Waals surface area contributed by atoms with E-state index in [9.17, 15) is 0 Å². The second kappa shape index (κ2) is 13.1. The van der Waals surface area contributed by atoms with Crippen molar-refractivity contribution in [1.82, 2.24) is 9.80 Å². The van der Waals surface area contributed by atoms with Gasteiger partial charge in [-0.15, -0.1) is 0 Å². The molecule has 0 unspecified atom stereocenters. The van der Waals surface area contributed by atoms with Gasteiger partial charge in [0.15, 0.2) is 34.5 Å². The lowest BCUT2D eigenvalue weighted by Crippen LogP contribution is -2.34. The molecule has 0 radical (unpaired) electrons. The van der Waals surface area contributed by atoms with Crippen molar-refractivity contribution in [2.45, 2.75) is 50.6 Å². The molecular formula is C41H46N2O6. The highest BCUT2D eigenvalue weighted by molar-refractivity contribution is 5.64. The first-order chi connectivity index (χ1) is 23.9. The molecular weight excluding hydrogens is 616 g/mol. The van der Waals surface area contributed by atoms with Crippen LogP contribution in [0.15, 0.2) is 60.7 Å². The van der Waals surface area contributed by atoms with Crippen molar-refractivity contribution in [2.75, 3.05) is 55.1 Å². The first-order valence-corrected chi connectivity index (χ1v) is 17.5. The molecule has 0 N–H and O–H groups in total. The zero-order chi connectivity index (χ0) is 33.6. The van der Waals surface area contributed by atoms with Crippen LogP contribution in [-0.4, -0.2) is 64.9 Å². The topological polar surface area (TPSA) is 61.9 Å². The van der Waals surface area contributed by atoms with E-state index in [0.717, 1.165) is 61.4 Å². The maximum absolute atomic E-state index is 7.19. The smallest absolute Gasteiger partial charge is 0.204 e. The van der Waals surface area contributed by atoms with E-state index in [-0.39, 0.29) is 12.1 Å². The van der Waals surface area contributed by atoms with Gasteiger partial charge in [0.1, 0.15) is 5.75 Å². The van der Waals surface area contributed by atoms with E-state index < -0.39 is 0 Å². The lowest BCUT2D eigenvalue weighted by molar-refractivity contribution is 0.216. The van der Waals surface area contributed by atoms with Crippen LogP contribution in [0.1, 0.15) is 58.3 Å². The van der Waals surface area contributed by atoms with Crippen molar-refractivity contribution in [2.24, 2.45) is 5.92 Å². The zero-order valence-electron chi connectivity index (χ0n) is 29.2. The van der Waals surface area contributed by atoms with Gasteiger partial charge in [0, 0.05) is 30.7 Å². The van der Waals surface area contributed by atoms with Gasteiger partial charge in [-0.1, -0.05) is 18.2 Å². The van der Waals surface area contributed by atoms with Crippen LogP contribution in [0.3, 0.4) is 0 Å². The van der Waals surface area contributed by atoms with Crippen LogP contribution in [0.25, 0.3) is 0 Å². The van der Waals surface area contributed by atoms with Crippen LogP contribution < -0.4 is 28.4 Å². The molecule has 4 aromatic rings. The Kier molecular flexibility index (Phi) is 8.54. The van der Waals surface area contributed by atoms with Gasteiger partial charge in [0.25, 0.3) is 0 Å². The first-order valence-electron chi connectivity index (χ1n) is 17.5. The second-order valence-corrected chi connectivity index (χ2v) is 14.0. The summed E-state index contributed by atoms with van der Waals surface area (Å²) in [6.07, 6.45) is 5.79. The molecule has 2 atom stereocenters. The van der Waals surface area contributed by atoms with Crippen molar-refractivity contribution in [3.63, 3.8) is 0 Å². The quantitative estimate of drug-likeness (QED) is 0.206.